The first kappa shape index (κ1) is 14.9. The summed E-state index contributed by atoms with van der Waals surface area (Å²) < 4.78 is 14.0. The maximum atomic E-state index is 14.0. The summed E-state index contributed by atoms with van der Waals surface area (Å²) in [5.74, 6) is -0.237. The molecule has 2 rings (SSSR count). The molecule has 2 heterocycles. The van der Waals surface area contributed by atoms with Gasteiger partial charge in [-0.15, -0.1) is 0 Å². The number of nitrogens with zero attached hydrogens (tertiary/aromatic N) is 3. The van der Waals surface area contributed by atoms with Gasteiger partial charge in [0.2, 0.25) is 0 Å². The second kappa shape index (κ2) is 7.32. The van der Waals surface area contributed by atoms with Crippen molar-refractivity contribution in [3.05, 3.63) is 35.8 Å². The highest BCUT2D eigenvalue weighted by atomic mass is 19.1. The number of carbonyl (C=O) groups excluding carboxylic acids is 1. The number of nitrogens with one attached hydrogen (secondary N) is 3. The van der Waals surface area contributed by atoms with E-state index in [0.717, 1.165) is 5.82 Å². The number of anilines is 1. The van der Waals surface area contributed by atoms with Gasteiger partial charge in [0, 0.05) is 25.7 Å². The Hall–Kier alpha value is -2.51. The monoisotopic (exact) mass is 292 g/mol. The normalized spacial score (nSPS) is 10.4. The molecule has 0 saturated carbocycles. The van der Waals surface area contributed by atoms with E-state index in [-0.39, 0.29) is 11.4 Å². The van der Waals surface area contributed by atoms with E-state index in [1.807, 2.05) is 6.92 Å². The molecule has 0 saturated heterocycles. The van der Waals surface area contributed by atoms with E-state index >= 15 is 0 Å². The number of aryl methyl sites for hydroxylation is 1. The largest absolute Gasteiger partial charge is 0.368 e. The molecule has 0 bridgehead atoms. The van der Waals surface area contributed by atoms with Crippen LogP contribution in [0, 0.1) is 5.82 Å². The number of hydrogen-bond acceptors (Lipinski definition) is 5. The van der Waals surface area contributed by atoms with Gasteiger partial charge >= 0.3 is 0 Å². The fraction of sp³-hybridized carbons (Fsp3) is 0.385. The second-order valence-corrected chi connectivity index (χ2v) is 4.34. The van der Waals surface area contributed by atoms with Crippen molar-refractivity contribution in [2.45, 2.75) is 19.8 Å². The average Bonchev–Trinajstić information content (AvgIpc) is 2.99. The lowest BCUT2D eigenvalue weighted by atomic mass is 10.2. The molecule has 2 aromatic rings. The Kier molecular flexibility index (Phi) is 5.19. The molecule has 8 heteroatoms. The Morgan fingerprint density at radius 2 is 2.29 bits per heavy atom. The number of rotatable bonds is 7. The Labute approximate surface area is 121 Å². The van der Waals surface area contributed by atoms with Gasteiger partial charge in [-0.2, -0.15) is 5.10 Å². The zero-order valence-electron chi connectivity index (χ0n) is 11.7. The average molecular weight is 292 g/mol. The minimum atomic E-state index is -0.632. The van der Waals surface area contributed by atoms with Crippen LogP contribution < -0.4 is 10.6 Å². The molecule has 0 fully saturated rings. The van der Waals surface area contributed by atoms with E-state index in [9.17, 15) is 9.18 Å². The third-order valence-corrected chi connectivity index (χ3v) is 2.82. The van der Waals surface area contributed by atoms with Crippen molar-refractivity contribution >= 4 is 11.7 Å². The van der Waals surface area contributed by atoms with E-state index < -0.39 is 11.7 Å². The lowest BCUT2D eigenvalue weighted by Gasteiger charge is -2.08. The molecule has 1 amide bonds. The Morgan fingerprint density at radius 3 is 3.00 bits per heavy atom. The second-order valence-electron chi connectivity index (χ2n) is 4.34. The van der Waals surface area contributed by atoms with Crippen LogP contribution in [0.15, 0.2) is 18.6 Å². The lowest BCUT2D eigenvalue weighted by molar-refractivity contribution is 0.0949. The van der Waals surface area contributed by atoms with Gasteiger partial charge in [-0.1, -0.05) is 0 Å². The van der Waals surface area contributed by atoms with Gasteiger partial charge in [-0.25, -0.2) is 14.4 Å². The lowest BCUT2D eigenvalue weighted by Crippen LogP contribution is -2.26. The van der Waals surface area contributed by atoms with Crippen LogP contribution in [0.25, 0.3) is 0 Å². The summed E-state index contributed by atoms with van der Waals surface area (Å²) in [6, 6.07) is 1.36. The Morgan fingerprint density at radius 1 is 1.43 bits per heavy atom. The first-order valence-corrected chi connectivity index (χ1v) is 6.73. The molecule has 2 aromatic heterocycles. The number of halogens is 1. The van der Waals surface area contributed by atoms with Crippen LogP contribution in [0.4, 0.5) is 10.2 Å². The SMILES string of the molecule is CCNc1nccc(C(=O)NCCCc2ncn[nH]2)c1F. The van der Waals surface area contributed by atoms with E-state index in [1.54, 1.807) is 0 Å². The maximum absolute atomic E-state index is 14.0. The van der Waals surface area contributed by atoms with E-state index in [0.29, 0.717) is 25.9 Å². The summed E-state index contributed by atoms with van der Waals surface area (Å²) in [5, 5.41) is 11.9. The molecule has 0 radical (unpaired) electrons. The van der Waals surface area contributed by atoms with E-state index in [1.165, 1.54) is 18.6 Å². The van der Waals surface area contributed by atoms with Crippen LogP contribution in [0.2, 0.25) is 0 Å². The minimum Gasteiger partial charge on any atom is -0.368 e. The summed E-state index contributed by atoms with van der Waals surface area (Å²) in [6.45, 7) is 2.79. The van der Waals surface area contributed by atoms with Crippen molar-refractivity contribution in [3.8, 4) is 0 Å². The highest BCUT2D eigenvalue weighted by Crippen LogP contribution is 2.14. The third-order valence-electron chi connectivity index (χ3n) is 2.82. The predicted octanol–water partition coefficient (Wildman–Crippen LogP) is 1.13. The molecule has 0 aromatic carbocycles. The van der Waals surface area contributed by atoms with Crippen molar-refractivity contribution in [2.24, 2.45) is 0 Å². The van der Waals surface area contributed by atoms with Crippen molar-refractivity contribution in [3.63, 3.8) is 0 Å². The summed E-state index contributed by atoms with van der Waals surface area (Å²) >= 11 is 0. The molecule has 0 unspecified atom stereocenters. The van der Waals surface area contributed by atoms with Crippen molar-refractivity contribution in [1.82, 2.24) is 25.5 Å². The van der Waals surface area contributed by atoms with Gasteiger partial charge in [0.1, 0.15) is 12.2 Å². The fourth-order valence-corrected chi connectivity index (χ4v) is 1.81. The smallest absolute Gasteiger partial charge is 0.254 e. The molecule has 0 aliphatic heterocycles. The molecule has 0 spiro atoms. The number of hydrogen-bond donors (Lipinski definition) is 3. The van der Waals surface area contributed by atoms with Crippen LogP contribution in [0.1, 0.15) is 29.5 Å². The van der Waals surface area contributed by atoms with Gasteiger partial charge in [0.05, 0.1) is 5.56 Å². The molecular weight excluding hydrogens is 275 g/mol. The van der Waals surface area contributed by atoms with Gasteiger partial charge in [0.25, 0.3) is 5.91 Å². The number of aromatic amines is 1. The van der Waals surface area contributed by atoms with E-state index in [2.05, 4.69) is 30.8 Å². The third kappa shape index (κ3) is 3.98. The van der Waals surface area contributed by atoms with Gasteiger partial charge in [-0.05, 0) is 19.4 Å². The number of aromatic nitrogens is 4. The zero-order valence-corrected chi connectivity index (χ0v) is 11.7. The highest BCUT2D eigenvalue weighted by molar-refractivity contribution is 5.95. The van der Waals surface area contributed by atoms with Crippen molar-refractivity contribution in [1.29, 1.82) is 0 Å². The molecule has 0 aliphatic rings. The van der Waals surface area contributed by atoms with Crippen molar-refractivity contribution in [2.75, 3.05) is 18.4 Å². The van der Waals surface area contributed by atoms with Gasteiger partial charge in [-0.3, -0.25) is 9.89 Å². The van der Waals surface area contributed by atoms with Crippen LogP contribution in [-0.2, 0) is 6.42 Å². The summed E-state index contributed by atoms with van der Waals surface area (Å²) in [4.78, 5) is 19.8. The molecule has 112 valence electrons. The van der Waals surface area contributed by atoms with Crippen LogP contribution in [0.5, 0.6) is 0 Å². The van der Waals surface area contributed by atoms with Gasteiger partial charge in [0.15, 0.2) is 11.6 Å². The summed E-state index contributed by atoms with van der Waals surface area (Å²) in [5.41, 5.74) is -0.0133. The summed E-state index contributed by atoms with van der Waals surface area (Å²) in [7, 11) is 0. The maximum Gasteiger partial charge on any atom is 0.254 e. The first-order chi connectivity index (χ1) is 10.2. The summed E-state index contributed by atoms with van der Waals surface area (Å²) in [6.07, 6.45) is 4.20. The fourth-order valence-electron chi connectivity index (χ4n) is 1.81. The standard InChI is InChI=1S/C13H17FN6O/c1-2-15-12-11(14)9(5-7-16-12)13(21)17-6-3-4-10-18-8-19-20-10/h5,7-8H,2-4,6H2,1H3,(H,15,16)(H,17,21)(H,18,19,20). The predicted molar refractivity (Wildman–Crippen MR) is 75.4 cm³/mol. The first-order valence-electron chi connectivity index (χ1n) is 6.73. The number of pyridine rings is 1. The van der Waals surface area contributed by atoms with Gasteiger partial charge < -0.3 is 10.6 Å². The van der Waals surface area contributed by atoms with Crippen molar-refractivity contribution < 1.29 is 9.18 Å². The Balaban J connectivity index is 1.86. The molecule has 0 aliphatic carbocycles. The molecule has 3 N–H and O–H groups in total. The van der Waals surface area contributed by atoms with Crippen LogP contribution >= 0.6 is 0 Å². The minimum absolute atomic E-state index is 0.0133. The quantitative estimate of drug-likeness (QED) is 0.665. The topological polar surface area (TPSA) is 95.6 Å². The Bertz CT molecular complexity index is 586. The van der Waals surface area contributed by atoms with Crippen LogP contribution in [0.3, 0.4) is 0 Å². The number of amides is 1. The molecular formula is C13H17FN6O. The van der Waals surface area contributed by atoms with Crippen LogP contribution in [-0.4, -0.2) is 39.2 Å². The number of H-pyrrole nitrogens is 1. The highest BCUT2D eigenvalue weighted by Gasteiger charge is 2.15. The number of carbonyl (C=O) groups is 1. The molecule has 7 nitrogen and oxygen atoms in total. The zero-order chi connectivity index (χ0) is 15.1. The molecule has 21 heavy (non-hydrogen) atoms. The molecule has 0 atom stereocenters. The van der Waals surface area contributed by atoms with E-state index in [4.69, 9.17) is 0 Å².